The Morgan fingerprint density at radius 3 is 2.72 bits per heavy atom. The van der Waals surface area contributed by atoms with Crippen molar-refractivity contribution in [3.05, 3.63) is 12.7 Å². The quantitative estimate of drug-likeness (QED) is 0.666. The van der Waals surface area contributed by atoms with Crippen molar-refractivity contribution in [2.24, 2.45) is 0 Å². The summed E-state index contributed by atoms with van der Waals surface area (Å²) in [4.78, 5) is 0. The molecule has 0 aromatic carbocycles. The van der Waals surface area contributed by atoms with Gasteiger partial charge in [-0.05, 0) is 13.8 Å². The maximum absolute atomic E-state index is 10.1. The predicted octanol–water partition coefficient (Wildman–Crippen LogP) is -0.213. The fourth-order valence-electron chi connectivity index (χ4n) is 2.27. The number of fused-ring (bicyclic) bond motifs is 1. The molecule has 0 amide bonds. The Bertz CT molecular complexity index is 305. The lowest BCUT2D eigenvalue weighted by atomic mass is 10.1. The van der Waals surface area contributed by atoms with Crippen molar-refractivity contribution in [3.8, 4) is 0 Å². The molecule has 0 aromatic rings. The van der Waals surface area contributed by atoms with Gasteiger partial charge in [-0.25, -0.2) is 0 Å². The lowest BCUT2D eigenvalue weighted by Gasteiger charge is -2.27. The van der Waals surface area contributed by atoms with Crippen LogP contribution in [0, 0.1) is 0 Å². The van der Waals surface area contributed by atoms with Gasteiger partial charge in [0.2, 0.25) is 0 Å². The van der Waals surface area contributed by atoms with Crippen LogP contribution in [0.3, 0.4) is 0 Å². The molecule has 0 bridgehead atoms. The van der Waals surface area contributed by atoms with Crippen LogP contribution in [0.1, 0.15) is 13.8 Å². The lowest BCUT2D eigenvalue weighted by Crippen LogP contribution is -2.43. The summed E-state index contributed by atoms with van der Waals surface area (Å²) < 4.78 is 22.0. The second-order valence-corrected chi connectivity index (χ2v) is 4.90. The molecule has 6 nitrogen and oxygen atoms in total. The fraction of sp³-hybridized carbons (Fsp3) is 0.833. The van der Waals surface area contributed by atoms with Gasteiger partial charge >= 0.3 is 0 Å². The molecular weight excluding hydrogens is 240 g/mol. The number of hydrogen-bond acceptors (Lipinski definition) is 6. The zero-order valence-electron chi connectivity index (χ0n) is 10.6. The largest absolute Gasteiger partial charge is 0.394 e. The van der Waals surface area contributed by atoms with Gasteiger partial charge in [0.1, 0.15) is 24.4 Å². The molecule has 2 heterocycles. The summed E-state index contributed by atoms with van der Waals surface area (Å²) in [5.41, 5.74) is 0. The SMILES string of the molecule is C=CCO[C@H](CO)[C@H]1O[C@@H]2OC(C)(C)O[C@@H]2[C@H]1O. The van der Waals surface area contributed by atoms with Gasteiger partial charge in [-0.3, -0.25) is 0 Å². The highest BCUT2D eigenvalue weighted by Crippen LogP contribution is 2.38. The van der Waals surface area contributed by atoms with E-state index in [-0.39, 0.29) is 13.2 Å². The van der Waals surface area contributed by atoms with Gasteiger partial charge < -0.3 is 29.2 Å². The highest BCUT2D eigenvalue weighted by atomic mass is 16.8. The van der Waals surface area contributed by atoms with Gasteiger partial charge in [-0.2, -0.15) is 0 Å². The Hall–Kier alpha value is -0.500. The second-order valence-electron chi connectivity index (χ2n) is 4.90. The van der Waals surface area contributed by atoms with Gasteiger partial charge in [0, 0.05) is 0 Å². The molecule has 104 valence electrons. The molecule has 0 aromatic heterocycles. The average Bonchev–Trinajstić information content (AvgIpc) is 2.75. The van der Waals surface area contributed by atoms with Crippen molar-refractivity contribution < 1.29 is 29.2 Å². The predicted molar refractivity (Wildman–Crippen MR) is 61.7 cm³/mol. The van der Waals surface area contributed by atoms with Crippen LogP contribution in [0.15, 0.2) is 12.7 Å². The van der Waals surface area contributed by atoms with Crippen molar-refractivity contribution in [3.63, 3.8) is 0 Å². The lowest BCUT2D eigenvalue weighted by molar-refractivity contribution is -0.230. The Labute approximate surface area is 106 Å². The summed E-state index contributed by atoms with van der Waals surface area (Å²) in [6.07, 6.45) is -1.78. The van der Waals surface area contributed by atoms with Crippen LogP contribution < -0.4 is 0 Å². The van der Waals surface area contributed by atoms with E-state index in [2.05, 4.69) is 6.58 Å². The number of rotatable bonds is 5. The van der Waals surface area contributed by atoms with E-state index in [0.29, 0.717) is 0 Å². The number of aliphatic hydroxyl groups is 2. The first-order chi connectivity index (χ1) is 8.48. The minimum atomic E-state index is -0.890. The summed E-state index contributed by atoms with van der Waals surface area (Å²) >= 11 is 0. The third-order valence-electron chi connectivity index (χ3n) is 3.03. The third-order valence-corrected chi connectivity index (χ3v) is 3.03. The first kappa shape index (κ1) is 13.9. The molecule has 2 aliphatic heterocycles. The summed E-state index contributed by atoms with van der Waals surface area (Å²) in [5.74, 6) is -0.766. The Morgan fingerprint density at radius 2 is 2.17 bits per heavy atom. The average molecular weight is 260 g/mol. The topological polar surface area (TPSA) is 77.4 Å². The van der Waals surface area contributed by atoms with Crippen LogP contribution in [-0.4, -0.2) is 59.9 Å². The maximum Gasteiger partial charge on any atom is 0.190 e. The molecule has 0 saturated carbocycles. The van der Waals surface area contributed by atoms with Crippen LogP contribution in [0.2, 0.25) is 0 Å². The van der Waals surface area contributed by atoms with Crippen molar-refractivity contribution in [2.45, 2.75) is 50.3 Å². The molecule has 18 heavy (non-hydrogen) atoms. The molecule has 5 atom stereocenters. The van der Waals surface area contributed by atoms with Crippen LogP contribution in [0.5, 0.6) is 0 Å². The van der Waals surface area contributed by atoms with Crippen LogP contribution in [0.25, 0.3) is 0 Å². The number of ether oxygens (including phenoxy) is 4. The van der Waals surface area contributed by atoms with E-state index in [1.165, 1.54) is 0 Å². The Morgan fingerprint density at radius 1 is 1.44 bits per heavy atom. The minimum Gasteiger partial charge on any atom is -0.394 e. The molecule has 2 fully saturated rings. The smallest absolute Gasteiger partial charge is 0.190 e. The van der Waals surface area contributed by atoms with E-state index < -0.39 is 36.5 Å². The van der Waals surface area contributed by atoms with E-state index in [9.17, 15) is 10.2 Å². The third kappa shape index (κ3) is 2.59. The molecule has 0 spiro atoms. The first-order valence-electron chi connectivity index (χ1n) is 6.01. The zero-order chi connectivity index (χ0) is 13.3. The first-order valence-corrected chi connectivity index (χ1v) is 6.01. The molecule has 2 aliphatic rings. The van der Waals surface area contributed by atoms with Crippen molar-refractivity contribution in [2.75, 3.05) is 13.2 Å². The maximum atomic E-state index is 10.1. The van der Waals surface area contributed by atoms with Crippen molar-refractivity contribution in [1.29, 1.82) is 0 Å². The summed E-state index contributed by atoms with van der Waals surface area (Å²) in [6, 6.07) is 0. The molecular formula is C12H20O6. The summed E-state index contributed by atoms with van der Waals surface area (Å²) in [6.45, 7) is 7.07. The van der Waals surface area contributed by atoms with E-state index in [4.69, 9.17) is 18.9 Å². The minimum absolute atomic E-state index is 0.252. The second kappa shape index (κ2) is 5.24. The van der Waals surface area contributed by atoms with Crippen LogP contribution >= 0.6 is 0 Å². The molecule has 0 radical (unpaired) electrons. The Kier molecular flexibility index (Phi) is 4.05. The molecule has 0 aliphatic carbocycles. The van der Waals surface area contributed by atoms with Gasteiger partial charge in [-0.1, -0.05) is 6.08 Å². The molecule has 2 rings (SSSR count). The summed E-state index contributed by atoms with van der Waals surface area (Å²) in [7, 11) is 0. The van der Waals surface area contributed by atoms with Gasteiger partial charge in [0.15, 0.2) is 12.1 Å². The number of hydrogen-bond donors (Lipinski definition) is 2. The Balaban J connectivity index is 1.99. The number of aliphatic hydroxyl groups excluding tert-OH is 2. The monoisotopic (exact) mass is 260 g/mol. The fourth-order valence-corrected chi connectivity index (χ4v) is 2.27. The molecule has 2 N–H and O–H groups in total. The van der Waals surface area contributed by atoms with Crippen molar-refractivity contribution in [1.82, 2.24) is 0 Å². The van der Waals surface area contributed by atoms with E-state index in [0.717, 1.165) is 0 Å². The van der Waals surface area contributed by atoms with Gasteiger partial charge in [0.05, 0.1) is 13.2 Å². The molecule has 0 unspecified atom stereocenters. The zero-order valence-corrected chi connectivity index (χ0v) is 10.6. The highest BCUT2D eigenvalue weighted by molar-refractivity contribution is 4.96. The van der Waals surface area contributed by atoms with E-state index in [1.54, 1.807) is 19.9 Å². The summed E-state index contributed by atoms with van der Waals surface area (Å²) in [5, 5.41) is 19.4. The standard InChI is InChI=1S/C12H20O6/c1-4-5-15-7(6-13)9-8(14)10-11(16-9)18-12(2,3)17-10/h4,7-11,13-14H,1,5-6H2,2-3H3/t7-,8+,9-,10-,11-/m1/s1. The molecule has 2 saturated heterocycles. The van der Waals surface area contributed by atoms with Crippen LogP contribution in [0.4, 0.5) is 0 Å². The van der Waals surface area contributed by atoms with Gasteiger partial charge in [-0.15, -0.1) is 6.58 Å². The van der Waals surface area contributed by atoms with E-state index >= 15 is 0 Å². The highest BCUT2D eigenvalue weighted by Gasteiger charge is 2.56. The van der Waals surface area contributed by atoms with E-state index in [1.807, 2.05) is 0 Å². The van der Waals surface area contributed by atoms with Gasteiger partial charge in [0.25, 0.3) is 0 Å². The normalized spacial score (nSPS) is 39.6. The molecule has 6 heteroatoms. The van der Waals surface area contributed by atoms with Crippen LogP contribution in [-0.2, 0) is 18.9 Å². The van der Waals surface area contributed by atoms with Crippen molar-refractivity contribution >= 4 is 0 Å².